The third kappa shape index (κ3) is 3.34. The van der Waals surface area contributed by atoms with Gasteiger partial charge in [0.25, 0.3) is 0 Å². The lowest BCUT2D eigenvalue weighted by Gasteiger charge is -2.34. The predicted octanol–water partition coefficient (Wildman–Crippen LogP) is 0.181. The Bertz CT molecular complexity index is 604. The van der Waals surface area contributed by atoms with Crippen LogP contribution >= 0.6 is 11.8 Å². The summed E-state index contributed by atoms with van der Waals surface area (Å²) in [7, 11) is 0. The molecular weight excluding hydrogens is 316 g/mol. The van der Waals surface area contributed by atoms with Gasteiger partial charge in [0, 0.05) is 32.1 Å². The molecule has 0 N–H and O–H groups in total. The van der Waals surface area contributed by atoms with Gasteiger partial charge in [0.05, 0.1) is 11.8 Å². The number of aromatic nitrogens is 4. The third-order valence-corrected chi connectivity index (χ3v) is 5.47. The summed E-state index contributed by atoms with van der Waals surface area (Å²) in [6.07, 6.45) is 4.29. The van der Waals surface area contributed by atoms with Crippen molar-refractivity contribution in [2.45, 2.75) is 36.9 Å². The number of hydrogen-bond acceptors (Lipinski definition) is 6. The molecule has 124 valence electrons. The van der Waals surface area contributed by atoms with Crippen molar-refractivity contribution in [2.75, 3.05) is 31.9 Å². The van der Waals surface area contributed by atoms with E-state index in [2.05, 4.69) is 15.5 Å². The van der Waals surface area contributed by atoms with Crippen LogP contribution < -0.4 is 0 Å². The van der Waals surface area contributed by atoms with Crippen LogP contribution in [0.4, 0.5) is 0 Å². The maximum absolute atomic E-state index is 12.3. The van der Waals surface area contributed by atoms with Gasteiger partial charge in [-0.1, -0.05) is 11.8 Å². The minimum absolute atomic E-state index is 0.0962. The van der Waals surface area contributed by atoms with E-state index in [4.69, 9.17) is 0 Å². The Morgan fingerprint density at radius 2 is 1.74 bits per heavy atom. The van der Waals surface area contributed by atoms with E-state index in [1.807, 2.05) is 14.5 Å². The maximum atomic E-state index is 12.3. The molecule has 23 heavy (non-hydrogen) atoms. The molecule has 1 aliphatic heterocycles. The molecule has 2 saturated carbocycles. The number of thioether (sulfide) groups is 1. The van der Waals surface area contributed by atoms with E-state index >= 15 is 0 Å². The van der Waals surface area contributed by atoms with Gasteiger partial charge in [-0.3, -0.25) is 9.59 Å². The van der Waals surface area contributed by atoms with Crippen molar-refractivity contribution in [3.05, 3.63) is 0 Å². The summed E-state index contributed by atoms with van der Waals surface area (Å²) in [4.78, 5) is 28.1. The Hall–Kier alpha value is -1.64. The van der Waals surface area contributed by atoms with Gasteiger partial charge in [0.15, 0.2) is 0 Å². The standard InChI is InChI=1S/C14H20N6O2S/c21-12(9-23-14-15-16-17-20(14)11-3-4-11)18-5-7-19(8-6-18)13(22)10-1-2-10/h10-11H,1-9H2. The number of nitrogens with zero attached hydrogens (tertiary/aromatic N) is 6. The lowest BCUT2D eigenvalue weighted by atomic mass is 10.2. The van der Waals surface area contributed by atoms with Crippen LogP contribution in [-0.2, 0) is 9.59 Å². The van der Waals surface area contributed by atoms with E-state index in [9.17, 15) is 9.59 Å². The van der Waals surface area contributed by atoms with Gasteiger partial charge in [-0.05, 0) is 36.1 Å². The van der Waals surface area contributed by atoms with Crippen LogP contribution in [0.25, 0.3) is 0 Å². The van der Waals surface area contributed by atoms with Gasteiger partial charge in [-0.25, -0.2) is 4.68 Å². The van der Waals surface area contributed by atoms with Crippen LogP contribution in [0.15, 0.2) is 5.16 Å². The van der Waals surface area contributed by atoms with Gasteiger partial charge in [0.2, 0.25) is 17.0 Å². The van der Waals surface area contributed by atoms with Gasteiger partial charge in [-0.15, -0.1) is 5.10 Å². The molecule has 1 aromatic rings. The Kier molecular flexibility index (Phi) is 3.96. The van der Waals surface area contributed by atoms with Crippen LogP contribution in [0.5, 0.6) is 0 Å². The molecule has 1 aromatic heterocycles. The highest BCUT2D eigenvalue weighted by Crippen LogP contribution is 2.36. The van der Waals surface area contributed by atoms with Crippen molar-refractivity contribution in [2.24, 2.45) is 5.92 Å². The number of hydrogen-bond donors (Lipinski definition) is 0. The summed E-state index contributed by atoms with van der Waals surface area (Å²) in [5.74, 6) is 0.979. The topological polar surface area (TPSA) is 84.2 Å². The largest absolute Gasteiger partial charge is 0.339 e. The molecule has 3 aliphatic rings. The highest BCUT2D eigenvalue weighted by molar-refractivity contribution is 7.99. The Balaban J connectivity index is 1.25. The molecule has 9 heteroatoms. The van der Waals surface area contributed by atoms with E-state index < -0.39 is 0 Å². The van der Waals surface area contributed by atoms with Crippen LogP contribution in [0.3, 0.4) is 0 Å². The van der Waals surface area contributed by atoms with E-state index in [1.54, 1.807) is 0 Å². The quantitative estimate of drug-likeness (QED) is 0.713. The fourth-order valence-electron chi connectivity index (χ4n) is 2.81. The summed E-state index contributed by atoms with van der Waals surface area (Å²) in [5.41, 5.74) is 0. The molecule has 0 aromatic carbocycles. The molecule has 3 fully saturated rings. The normalized spacial score (nSPS) is 21.6. The second-order valence-corrected chi connectivity index (χ2v) is 7.35. The molecule has 2 aliphatic carbocycles. The molecule has 0 unspecified atom stereocenters. The SMILES string of the molecule is O=C(CSc1nnnn1C1CC1)N1CCN(C(=O)C2CC2)CC1. The summed E-state index contributed by atoms with van der Waals surface area (Å²) >= 11 is 1.40. The van der Waals surface area contributed by atoms with Crippen LogP contribution in [0, 0.1) is 5.92 Å². The second-order valence-electron chi connectivity index (χ2n) is 6.41. The zero-order chi connectivity index (χ0) is 15.8. The first-order chi connectivity index (χ1) is 11.2. The van der Waals surface area contributed by atoms with Crippen molar-refractivity contribution < 1.29 is 9.59 Å². The number of amides is 2. The van der Waals surface area contributed by atoms with Gasteiger partial charge in [-0.2, -0.15) is 0 Å². The fraction of sp³-hybridized carbons (Fsp3) is 0.786. The molecule has 2 heterocycles. The molecular formula is C14H20N6O2S. The number of carbonyl (C=O) groups is 2. The highest BCUT2D eigenvalue weighted by Gasteiger charge is 2.35. The van der Waals surface area contributed by atoms with Crippen molar-refractivity contribution in [1.82, 2.24) is 30.0 Å². The average Bonchev–Trinajstić information content (AvgIpc) is 3.50. The lowest BCUT2D eigenvalue weighted by molar-refractivity contribution is -0.139. The molecule has 0 atom stereocenters. The summed E-state index contributed by atoms with van der Waals surface area (Å²) in [6, 6.07) is 0.416. The molecule has 0 radical (unpaired) electrons. The number of piperazine rings is 1. The third-order valence-electron chi connectivity index (χ3n) is 4.55. The van der Waals surface area contributed by atoms with Crippen LogP contribution in [-0.4, -0.2) is 73.8 Å². The molecule has 2 amide bonds. The smallest absolute Gasteiger partial charge is 0.233 e. The Morgan fingerprint density at radius 1 is 1.04 bits per heavy atom. The lowest BCUT2D eigenvalue weighted by Crippen LogP contribution is -2.51. The Labute approximate surface area is 138 Å². The van der Waals surface area contributed by atoms with E-state index in [0.717, 1.165) is 30.8 Å². The van der Waals surface area contributed by atoms with E-state index in [1.165, 1.54) is 11.8 Å². The maximum Gasteiger partial charge on any atom is 0.233 e. The molecule has 0 spiro atoms. The summed E-state index contributed by atoms with van der Waals surface area (Å²) < 4.78 is 1.82. The van der Waals surface area contributed by atoms with Gasteiger partial charge >= 0.3 is 0 Å². The summed E-state index contributed by atoms with van der Waals surface area (Å²) in [5, 5.41) is 12.4. The molecule has 1 saturated heterocycles. The van der Waals surface area contributed by atoms with Crippen LogP contribution in [0.1, 0.15) is 31.7 Å². The van der Waals surface area contributed by atoms with Crippen molar-refractivity contribution in [3.8, 4) is 0 Å². The minimum Gasteiger partial charge on any atom is -0.339 e. The number of tetrazole rings is 1. The number of rotatable bonds is 5. The zero-order valence-corrected chi connectivity index (χ0v) is 13.7. The first kappa shape index (κ1) is 14.9. The van der Waals surface area contributed by atoms with Gasteiger partial charge in [0.1, 0.15) is 0 Å². The second kappa shape index (κ2) is 6.10. The van der Waals surface area contributed by atoms with E-state index in [0.29, 0.717) is 38.0 Å². The van der Waals surface area contributed by atoms with Crippen molar-refractivity contribution in [3.63, 3.8) is 0 Å². The van der Waals surface area contributed by atoms with Crippen molar-refractivity contribution >= 4 is 23.6 Å². The van der Waals surface area contributed by atoms with E-state index in [-0.39, 0.29) is 17.7 Å². The monoisotopic (exact) mass is 336 g/mol. The molecule has 4 rings (SSSR count). The Morgan fingerprint density at radius 3 is 2.39 bits per heavy atom. The van der Waals surface area contributed by atoms with Crippen LogP contribution in [0.2, 0.25) is 0 Å². The summed E-state index contributed by atoms with van der Waals surface area (Å²) in [6.45, 7) is 2.58. The van der Waals surface area contributed by atoms with Gasteiger partial charge < -0.3 is 9.80 Å². The fourth-order valence-corrected chi connectivity index (χ4v) is 3.66. The highest BCUT2D eigenvalue weighted by atomic mass is 32.2. The number of carbonyl (C=O) groups excluding carboxylic acids is 2. The minimum atomic E-state index is 0.0962. The zero-order valence-electron chi connectivity index (χ0n) is 12.9. The average molecular weight is 336 g/mol. The molecule has 8 nitrogen and oxygen atoms in total. The predicted molar refractivity (Wildman–Crippen MR) is 82.7 cm³/mol. The first-order valence-electron chi connectivity index (χ1n) is 8.19. The molecule has 0 bridgehead atoms. The van der Waals surface area contributed by atoms with Crippen molar-refractivity contribution in [1.29, 1.82) is 0 Å². The first-order valence-corrected chi connectivity index (χ1v) is 9.18.